The highest BCUT2D eigenvalue weighted by atomic mass is 35.5. The molecule has 21 heavy (non-hydrogen) atoms. The number of amides is 2. The Balaban J connectivity index is 1.77. The molecule has 0 bridgehead atoms. The predicted octanol–water partition coefficient (Wildman–Crippen LogP) is 2.26. The number of carbonyl (C=O) groups is 2. The third-order valence-electron chi connectivity index (χ3n) is 3.73. The summed E-state index contributed by atoms with van der Waals surface area (Å²) in [5.74, 6) is -0.444. The van der Waals surface area contributed by atoms with Gasteiger partial charge < -0.3 is 10.2 Å². The van der Waals surface area contributed by atoms with E-state index in [0.717, 1.165) is 18.4 Å². The van der Waals surface area contributed by atoms with Gasteiger partial charge in [0.1, 0.15) is 0 Å². The molecule has 0 aliphatic carbocycles. The highest BCUT2D eigenvalue weighted by molar-refractivity contribution is 6.35. The lowest BCUT2D eigenvalue weighted by Gasteiger charge is -2.30. The molecule has 0 saturated carbocycles. The van der Waals surface area contributed by atoms with E-state index in [4.69, 9.17) is 11.6 Å². The number of carbonyl (C=O) groups excluding carboxylic acids is 2. The summed E-state index contributed by atoms with van der Waals surface area (Å²) >= 11 is 5.90. The van der Waals surface area contributed by atoms with Gasteiger partial charge in [0, 0.05) is 24.7 Å². The number of likely N-dealkylation sites (tertiary alicyclic amines) is 1. The first kappa shape index (κ1) is 15.8. The summed E-state index contributed by atoms with van der Waals surface area (Å²) in [5, 5.41) is 3.37. The van der Waals surface area contributed by atoms with Crippen molar-refractivity contribution in [2.24, 2.45) is 5.92 Å². The van der Waals surface area contributed by atoms with Crippen molar-refractivity contribution in [1.82, 2.24) is 10.2 Å². The maximum Gasteiger partial charge on any atom is 0.311 e. The number of hydrogen-bond acceptors (Lipinski definition) is 2. The Morgan fingerprint density at radius 1 is 1.43 bits per heavy atom. The number of rotatable bonds is 3. The molecule has 1 saturated heterocycles. The molecule has 4 nitrogen and oxygen atoms in total. The SMILES string of the molecule is CC1CCCN(C(=O)C(=O)NCCc2cccc(Cl)c2)C1. The lowest BCUT2D eigenvalue weighted by Crippen LogP contribution is -2.47. The van der Waals surface area contributed by atoms with Gasteiger partial charge in [-0.1, -0.05) is 30.7 Å². The van der Waals surface area contributed by atoms with Gasteiger partial charge in [0.05, 0.1) is 0 Å². The van der Waals surface area contributed by atoms with Gasteiger partial charge in [-0.25, -0.2) is 0 Å². The number of nitrogens with one attached hydrogen (secondary N) is 1. The number of benzene rings is 1. The van der Waals surface area contributed by atoms with Crippen LogP contribution in [0.1, 0.15) is 25.3 Å². The summed E-state index contributed by atoms with van der Waals surface area (Å²) in [7, 11) is 0. The molecule has 2 amide bonds. The standard InChI is InChI=1S/C16H21ClN2O2/c1-12-4-3-9-19(11-12)16(21)15(20)18-8-7-13-5-2-6-14(17)10-13/h2,5-6,10,12H,3-4,7-9,11H2,1H3,(H,18,20). The molecule has 114 valence electrons. The fourth-order valence-corrected chi connectivity index (χ4v) is 2.82. The zero-order valence-corrected chi connectivity index (χ0v) is 13.0. The van der Waals surface area contributed by atoms with Crippen molar-refractivity contribution in [3.8, 4) is 0 Å². The maximum atomic E-state index is 12.0. The fourth-order valence-electron chi connectivity index (χ4n) is 2.61. The lowest BCUT2D eigenvalue weighted by molar-refractivity contribution is -0.146. The Hall–Kier alpha value is -1.55. The monoisotopic (exact) mass is 308 g/mol. The molecule has 0 spiro atoms. The first-order valence-corrected chi connectivity index (χ1v) is 7.75. The van der Waals surface area contributed by atoms with E-state index in [1.54, 1.807) is 4.90 Å². The molecular weight excluding hydrogens is 288 g/mol. The average molecular weight is 309 g/mol. The minimum atomic E-state index is -0.508. The van der Waals surface area contributed by atoms with Crippen LogP contribution < -0.4 is 5.32 Å². The molecular formula is C16H21ClN2O2. The third kappa shape index (κ3) is 4.74. The molecule has 0 radical (unpaired) electrons. The van der Waals surface area contributed by atoms with Crippen molar-refractivity contribution >= 4 is 23.4 Å². The van der Waals surface area contributed by atoms with Gasteiger partial charge >= 0.3 is 11.8 Å². The minimum absolute atomic E-state index is 0.410. The Labute approximate surface area is 130 Å². The zero-order chi connectivity index (χ0) is 15.2. The van der Waals surface area contributed by atoms with Crippen molar-refractivity contribution in [2.75, 3.05) is 19.6 Å². The van der Waals surface area contributed by atoms with Crippen molar-refractivity contribution < 1.29 is 9.59 Å². The Kier molecular flexibility index (Phi) is 5.62. The van der Waals surface area contributed by atoms with Crippen LogP contribution in [0.4, 0.5) is 0 Å². The molecule has 2 rings (SSSR count). The van der Waals surface area contributed by atoms with Crippen molar-refractivity contribution in [3.63, 3.8) is 0 Å². The second-order valence-electron chi connectivity index (χ2n) is 5.63. The second kappa shape index (κ2) is 7.46. The fraction of sp³-hybridized carbons (Fsp3) is 0.500. The van der Waals surface area contributed by atoms with Gasteiger partial charge in [0.25, 0.3) is 0 Å². The summed E-state index contributed by atoms with van der Waals surface area (Å²) in [4.78, 5) is 25.6. The van der Waals surface area contributed by atoms with Crippen molar-refractivity contribution in [3.05, 3.63) is 34.9 Å². The molecule has 1 atom stereocenters. The topological polar surface area (TPSA) is 49.4 Å². The normalized spacial score (nSPS) is 18.4. The van der Waals surface area contributed by atoms with Crippen LogP contribution >= 0.6 is 11.6 Å². The molecule has 1 N–H and O–H groups in total. The van der Waals surface area contributed by atoms with Gasteiger partial charge in [-0.05, 0) is 42.9 Å². The predicted molar refractivity (Wildman–Crippen MR) is 83.1 cm³/mol. The zero-order valence-electron chi connectivity index (χ0n) is 12.3. The quantitative estimate of drug-likeness (QED) is 0.871. The summed E-state index contributed by atoms with van der Waals surface area (Å²) in [6.45, 7) is 3.91. The minimum Gasteiger partial charge on any atom is -0.347 e. The van der Waals surface area contributed by atoms with E-state index in [0.29, 0.717) is 37.0 Å². The van der Waals surface area contributed by atoms with Crippen LogP contribution in [0.15, 0.2) is 24.3 Å². The molecule has 1 aromatic carbocycles. The van der Waals surface area contributed by atoms with Crippen LogP contribution in [-0.4, -0.2) is 36.3 Å². The van der Waals surface area contributed by atoms with E-state index in [1.165, 1.54) is 0 Å². The van der Waals surface area contributed by atoms with E-state index in [-0.39, 0.29) is 0 Å². The number of hydrogen-bond donors (Lipinski definition) is 1. The molecule has 1 fully saturated rings. The smallest absolute Gasteiger partial charge is 0.311 e. The molecule has 1 heterocycles. The van der Waals surface area contributed by atoms with Crippen LogP contribution in [0.5, 0.6) is 0 Å². The van der Waals surface area contributed by atoms with E-state index >= 15 is 0 Å². The van der Waals surface area contributed by atoms with E-state index < -0.39 is 11.8 Å². The summed E-state index contributed by atoms with van der Waals surface area (Å²) in [5.41, 5.74) is 1.04. The molecule has 1 unspecified atom stereocenters. The van der Waals surface area contributed by atoms with Gasteiger partial charge in [-0.15, -0.1) is 0 Å². The van der Waals surface area contributed by atoms with Crippen molar-refractivity contribution in [1.29, 1.82) is 0 Å². The summed E-state index contributed by atoms with van der Waals surface area (Å²) in [6, 6.07) is 7.50. The van der Waals surface area contributed by atoms with Crippen LogP contribution in [0.3, 0.4) is 0 Å². The molecule has 0 aromatic heterocycles. The maximum absolute atomic E-state index is 12.0. The van der Waals surface area contributed by atoms with Gasteiger partial charge in [0.2, 0.25) is 0 Å². The van der Waals surface area contributed by atoms with Crippen molar-refractivity contribution in [2.45, 2.75) is 26.2 Å². The van der Waals surface area contributed by atoms with Crippen LogP contribution in [0.25, 0.3) is 0 Å². The van der Waals surface area contributed by atoms with E-state index in [1.807, 2.05) is 24.3 Å². The highest BCUT2D eigenvalue weighted by Crippen LogP contribution is 2.15. The largest absolute Gasteiger partial charge is 0.347 e. The molecule has 1 aliphatic rings. The third-order valence-corrected chi connectivity index (χ3v) is 3.96. The number of piperidine rings is 1. The van der Waals surface area contributed by atoms with Crippen LogP contribution in [0.2, 0.25) is 5.02 Å². The number of halogens is 1. The molecule has 1 aliphatic heterocycles. The summed E-state index contributed by atoms with van der Waals surface area (Å²) in [6.07, 6.45) is 2.76. The van der Waals surface area contributed by atoms with E-state index in [9.17, 15) is 9.59 Å². The Bertz CT molecular complexity index is 519. The Morgan fingerprint density at radius 2 is 2.24 bits per heavy atom. The van der Waals surface area contributed by atoms with Gasteiger partial charge in [-0.3, -0.25) is 9.59 Å². The first-order valence-electron chi connectivity index (χ1n) is 7.38. The molecule has 5 heteroatoms. The van der Waals surface area contributed by atoms with Crippen LogP contribution in [0, 0.1) is 5.92 Å². The lowest BCUT2D eigenvalue weighted by atomic mass is 10.0. The first-order chi connectivity index (χ1) is 10.1. The summed E-state index contributed by atoms with van der Waals surface area (Å²) < 4.78 is 0. The average Bonchev–Trinajstić information content (AvgIpc) is 2.46. The van der Waals surface area contributed by atoms with Gasteiger partial charge in [-0.2, -0.15) is 0 Å². The van der Waals surface area contributed by atoms with Gasteiger partial charge in [0.15, 0.2) is 0 Å². The highest BCUT2D eigenvalue weighted by Gasteiger charge is 2.25. The Morgan fingerprint density at radius 3 is 2.95 bits per heavy atom. The molecule has 1 aromatic rings. The van der Waals surface area contributed by atoms with Crippen LogP contribution in [-0.2, 0) is 16.0 Å². The van der Waals surface area contributed by atoms with E-state index in [2.05, 4.69) is 12.2 Å². The number of nitrogens with zero attached hydrogens (tertiary/aromatic N) is 1. The second-order valence-corrected chi connectivity index (χ2v) is 6.07.